The van der Waals surface area contributed by atoms with E-state index in [2.05, 4.69) is 10.6 Å². The third-order valence-electron chi connectivity index (χ3n) is 4.77. The van der Waals surface area contributed by atoms with Crippen molar-refractivity contribution >= 4 is 35.0 Å². The van der Waals surface area contributed by atoms with Gasteiger partial charge >= 0.3 is 0 Å². The number of ether oxygens (including phenoxy) is 4. The largest absolute Gasteiger partial charge is 0.497 e. The Hall–Kier alpha value is -3.85. The Balaban J connectivity index is 1.58. The quantitative estimate of drug-likeness (QED) is 0.404. The highest BCUT2D eigenvalue weighted by atomic mass is 32.2. The van der Waals surface area contributed by atoms with E-state index in [4.69, 9.17) is 18.9 Å². The number of rotatable bonds is 10. The van der Waals surface area contributed by atoms with Crippen LogP contribution < -0.4 is 29.6 Å². The average molecular weight is 483 g/mol. The Kier molecular flexibility index (Phi) is 8.64. The summed E-state index contributed by atoms with van der Waals surface area (Å²) in [5, 5.41) is 5.68. The lowest BCUT2D eigenvalue weighted by atomic mass is 10.1. The first-order valence-corrected chi connectivity index (χ1v) is 11.2. The molecule has 2 amide bonds. The summed E-state index contributed by atoms with van der Waals surface area (Å²) in [4.78, 5) is 26.1. The number of anilines is 2. The van der Waals surface area contributed by atoms with Gasteiger partial charge in [0.15, 0.2) is 0 Å². The minimum absolute atomic E-state index is 0.166. The fourth-order valence-electron chi connectivity index (χ4n) is 3.13. The Bertz CT molecular complexity index is 1110. The van der Waals surface area contributed by atoms with Crippen LogP contribution >= 0.6 is 11.8 Å². The molecule has 2 N–H and O–H groups in total. The summed E-state index contributed by atoms with van der Waals surface area (Å²) in [7, 11) is 6.10. The Morgan fingerprint density at radius 3 is 1.85 bits per heavy atom. The third kappa shape index (κ3) is 6.35. The first-order chi connectivity index (χ1) is 16.5. The summed E-state index contributed by atoms with van der Waals surface area (Å²) < 4.78 is 21.0. The van der Waals surface area contributed by atoms with Gasteiger partial charge in [0.25, 0.3) is 5.91 Å². The Morgan fingerprint density at radius 1 is 0.735 bits per heavy atom. The van der Waals surface area contributed by atoms with Gasteiger partial charge in [-0.05, 0) is 36.4 Å². The monoisotopic (exact) mass is 482 g/mol. The standard InChI is InChI=1S/C25H26N2O6S/c1-30-18-12-17(13-19(14-18)31-2)26-23(28)15-34-20-10-8-16(9-11-20)27-25(29)24-21(32-3)6-5-7-22(24)33-4/h5-14H,15H2,1-4H3,(H,26,28)(H,27,29). The number of carbonyl (C=O) groups excluding carboxylic acids is 2. The normalized spacial score (nSPS) is 10.2. The molecule has 0 atom stereocenters. The molecule has 0 heterocycles. The molecule has 0 aliphatic heterocycles. The molecule has 34 heavy (non-hydrogen) atoms. The van der Waals surface area contributed by atoms with Gasteiger partial charge in [-0.25, -0.2) is 0 Å². The molecular weight excluding hydrogens is 456 g/mol. The van der Waals surface area contributed by atoms with Crippen LogP contribution in [0.5, 0.6) is 23.0 Å². The molecule has 0 saturated heterocycles. The highest BCUT2D eigenvalue weighted by Crippen LogP contribution is 2.30. The molecule has 0 aliphatic carbocycles. The minimum Gasteiger partial charge on any atom is -0.497 e. The van der Waals surface area contributed by atoms with E-state index in [0.29, 0.717) is 39.9 Å². The van der Waals surface area contributed by atoms with Crippen LogP contribution in [0.3, 0.4) is 0 Å². The van der Waals surface area contributed by atoms with Gasteiger partial charge < -0.3 is 29.6 Å². The van der Waals surface area contributed by atoms with Crippen molar-refractivity contribution in [1.29, 1.82) is 0 Å². The van der Waals surface area contributed by atoms with E-state index in [9.17, 15) is 9.59 Å². The maximum atomic E-state index is 12.8. The van der Waals surface area contributed by atoms with Crippen molar-refractivity contribution < 1.29 is 28.5 Å². The van der Waals surface area contributed by atoms with Crippen LogP contribution in [0.2, 0.25) is 0 Å². The van der Waals surface area contributed by atoms with Crippen molar-refractivity contribution in [1.82, 2.24) is 0 Å². The number of thioether (sulfide) groups is 1. The van der Waals surface area contributed by atoms with E-state index in [-0.39, 0.29) is 17.6 Å². The second-order valence-corrected chi connectivity index (χ2v) is 8.00. The number of carbonyl (C=O) groups is 2. The topological polar surface area (TPSA) is 95.1 Å². The van der Waals surface area contributed by atoms with Gasteiger partial charge in [-0.15, -0.1) is 11.8 Å². The lowest BCUT2D eigenvalue weighted by Crippen LogP contribution is -2.15. The summed E-state index contributed by atoms with van der Waals surface area (Å²) >= 11 is 1.38. The van der Waals surface area contributed by atoms with E-state index >= 15 is 0 Å². The number of hydrogen-bond acceptors (Lipinski definition) is 7. The first-order valence-electron chi connectivity index (χ1n) is 10.3. The van der Waals surface area contributed by atoms with Crippen molar-refractivity contribution in [3.63, 3.8) is 0 Å². The molecule has 0 unspecified atom stereocenters. The third-order valence-corrected chi connectivity index (χ3v) is 5.78. The van der Waals surface area contributed by atoms with Crippen LogP contribution in [0.25, 0.3) is 0 Å². The van der Waals surface area contributed by atoms with Crippen LogP contribution in [-0.4, -0.2) is 46.0 Å². The highest BCUT2D eigenvalue weighted by molar-refractivity contribution is 8.00. The average Bonchev–Trinajstić information content (AvgIpc) is 2.87. The van der Waals surface area contributed by atoms with Crippen molar-refractivity contribution in [3.05, 3.63) is 66.2 Å². The van der Waals surface area contributed by atoms with E-state index in [0.717, 1.165) is 4.90 Å². The van der Waals surface area contributed by atoms with Gasteiger partial charge in [-0.2, -0.15) is 0 Å². The Labute approximate surface area is 202 Å². The number of hydrogen-bond donors (Lipinski definition) is 2. The van der Waals surface area contributed by atoms with Crippen molar-refractivity contribution in [2.75, 3.05) is 44.8 Å². The fourth-order valence-corrected chi connectivity index (χ4v) is 3.83. The number of amides is 2. The molecule has 8 nitrogen and oxygen atoms in total. The summed E-state index contributed by atoms with van der Waals surface area (Å²) in [5.41, 5.74) is 1.51. The predicted octanol–water partition coefficient (Wildman–Crippen LogP) is 4.70. The number of methoxy groups -OCH3 is 4. The van der Waals surface area contributed by atoms with Gasteiger partial charge in [-0.3, -0.25) is 9.59 Å². The number of benzene rings is 3. The lowest BCUT2D eigenvalue weighted by molar-refractivity contribution is -0.113. The van der Waals surface area contributed by atoms with Crippen molar-refractivity contribution in [2.24, 2.45) is 0 Å². The van der Waals surface area contributed by atoms with Crippen LogP contribution in [0.4, 0.5) is 11.4 Å². The van der Waals surface area contributed by atoms with E-state index in [1.54, 1.807) is 62.8 Å². The molecule has 0 fully saturated rings. The zero-order valence-electron chi connectivity index (χ0n) is 19.3. The zero-order chi connectivity index (χ0) is 24.5. The maximum Gasteiger partial charge on any atom is 0.263 e. The molecule has 0 saturated carbocycles. The van der Waals surface area contributed by atoms with Crippen LogP contribution in [0.1, 0.15) is 10.4 Å². The SMILES string of the molecule is COc1cc(NC(=O)CSc2ccc(NC(=O)c3c(OC)cccc3OC)cc2)cc(OC)c1. The van der Waals surface area contributed by atoms with E-state index in [1.165, 1.54) is 26.0 Å². The second-order valence-electron chi connectivity index (χ2n) is 6.95. The molecule has 0 radical (unpaired) electrons. The maximum absolute atomic E-state index is 12.8. The Morgan fingerprint density at radius 2 is 1.32 bits per heavy atom. The summed E-state index contributed by atoms with van der Waals surface area (Å²) in [6.07, 6.45) is 0. The molecule has 9 heteroatoms. The molecule has 0 spiro atoms. The van der Waals surface area contributed by atoms with E-state index in [1.807, 2.05) is 12.1 Å². The fraction of sp³-hybridized carbons (Fsp3) is 0.200. The molecular formula is C25H26N2O6S. The van der Waals surface area contributed by atoms with Gasteiger partial charge in [-0.1, -0.05) is 6.07 Å². The number of nitrogens with one attached hydrogen (secondary N) is 2. The molecule has 3 aromatic rings. The van der Waals surface area contributed by atoms with E-state index < -0.39 is 0 Å². The van der Waals surface area contributed by atoms with Crippen molar-refractivity contribution in [2.45, 2.75) is 4.90 Å². The molecule has 178 valence electrons. The molecule has 0 aliphatic rings. The highest BCUT2D eigenvalue weighted by Gasteiger charge is 2.18. The van der Waals surface area contributed by atoms with Crippen LogP contribution in [0, 0.1) is 0 Å². The first kappa shape index (κ1) is 24.8. The minimum atomic E-state index is -0.345. The zero-order valence-corrected chi connectivity index (χ0v) is 20.2. The van der Waals surface area contributed by atoms with Gasteiger partial charge in [0, 0.05) is 34.5 Å². The summed E-state index contributed by atoms with van der Waals surface area (Å²) in [6.45, 7) is 0. The van der Waals surface area contributed by atoms with Gasteiger partial charge in [0.05, 0.1) is 34.2 Å². The predicted molar refractivity (Wildman–Crippen MR) is 133 cm³/mol. The lowest BCUT2D eigenvalue weighted by Gasteiger charge is -2.13. The molecule has 0 aromatic heterocycles. The van der Waals surface area contributed by atoms with Gasteiger partial charge in [0.1, 0.15) is 28.6 Å². The molecule has 3 rings (SSSR count). The summed E-state index contributed by atoms with van der Waals surface area (Å²) in [6, 6.07) is 17.5. The van der Waals surface area contributed by atoms with Gasteiger partial charge in [0.2, 0.25) is 5.91 Å². The van der Waals surface area contributed by atoms with Crippen molar-refractivity contribution in [3.8, 4) is 23.0 Å². The molecule has 3 aromatic carbocycles. The van der Waals surface area contributed by atoms with Crippen LogP contribution in [-0.2, 0) is 4.79 Å². The molecule has 0 bridgehead atoms. The second kappa shape index (κ2) is 11.9. The van der Waals surface area contributed by atoms with Crippen LogP contribution in [0.15, 0.2) is 65.6 Å². The smallest absolute Gasteiger partial charge is 0.263 e. The summed E-state index contributed by atoms with van der Waals surface area (Å²) in [5.74, 6) is 1.72.